The molecule has 4 rings (SSSR count). The number of fused-ring (bicyclic) bond motifs is 1. The van der Waals surface area contributed by atoms with Gasteiger partial charge in [0.05, 0.1) is 25.9 Å². The van der Waals surface area contributed by atoms with Crippen LogP contribution in [-0.2, 0) is 16.0 Å². The van der Waals surface area contributed by atoms with E-state index in [0.29, 0.717) is 23.7 Å². The summed E-state index contributed by atoms with van der Waals surface area (Å²) in [4.78, 5) is 32.4. The molecule has 0 bridgehead atoms. The van der Waals surface area contributed by atoms with Gasteiger partial charge in [0.2, 0.25) is 0 Å². The summed E-state index contributed by atoms with van der Waals surface area (Å²) in [5, 5.41) is 5.51. The number of likely N-dealkylation sites (N-methyl/N-ethyl adjacent to an activating group) is 2. The first-order valence-electron chi connectivity index (χ1n) is 12.0. The van der Waals surface area contributed by atoms with E-state index in [0.717, 1.165) is 39.1 Å². The molecule has 0 radical (unpaired) electrons. The van der Waals surface area contributed by atoms with Crippen LogP contribution in [0.3, 0.4) is 0 Å². The molecule has 2 amide bonds. The van der Waals surface area contributed by atoms with E-state index in [4.69, 9.17) is 9.47 Å². The lowest BCUT2D eigenvalue weighted by Gasteiger charge is -2.38. The van der Waals surface area contributed by atoms with Gasteiger partial charge in [-0.05, 0) is 42.8 Å². The van der Waals surface area contributed by atoms with E-state index < -0.39 is 11.8 Å². The van der Waals surface area contributed by atoms with E-state index in [1.807, 2.05) is 0 Å². The van der Waals surface area contributed by atoms with Crippen LogP contribution in [-0.4, -0.2) is 89.2 Å². The highest BCUT2D eigenvalue weighted by Gasteiger charge is 2.27. The van der Waals surface area contributed by atoms with Crippen molar-refractivity contribution in [1.82, 2.24) is 15.1 Å². The topological polar surface area (TPSA) is 86.4 Å². The summed E-state index contributed by atoms with van der Waals surface area (Å²) in [5.41, 5.74) is 4.14. The van der Waals surface area contributed by atoms with E-state index in [1.54, 1.807) is 18.2 Å². The molecule has 0 aromatic heterocycles. The number of methoxy groups -OCH3 is 2. The number of ether oxygens (including phenoxy) is 2. The number of carbonyl (C=O) groups excluding carboxylic acids is 2. The van der Waals surface area contributed by atoms with Crippen molar-refractivity contribution in [3.05, 3.63) is 47.5 Å². The van der Waals surface area contributed by atoms with Gasteiger partial charge in [0.15, 0.2) is 0 Å². The van der Waals surface area contributed by atoms with Crippen molar-refractivity contribution >= 4 is 23.2 Å². The standard InChI is InChI=1S/C26H35N5O4/c1-29-11-13-31(14-12-29)23(18-5-7-22-19(15-18)9-10-30(22)2)17-27-25(32)26(33)28-21-16-20(34-3)6-8-24(21)35-4/h5-8,15-16,23H,9-14,17H2,1-4H3,(H,27,32)(H,28,33)/t23-/m0/s1. The lowest BCUT2D eigenvalue weighted by Crippen LogP contribution is -2.49. The number of rotatable bonds is 7. The van der Waals surface area contributed by atoms with Gasteiger partial charge in [-0.3, -0.25) is 14.5 Å². The third kappa shape index (κ3) is 5.68. The molecule has 35 heavy (non-hydrogen) atoms. The molecule has 2 aromatic rings. The summed E-state index contributed by atoms with van der Waals surface area (Å²) in [6, 6.07) is 11.6. The van der Waals surface area contributed by atoms with Crippen LogP contribution in [0.4, 0.5) is 11.4 Å². The van der Waals surface area contributed by atoms with E-state index in [-0.39, 0.29) is 6.04 Å². The Morgan fingerprint density at radius 2 is 1.71 bits per heavy atom. The molecule has 0 spiro atoms. The largest absolute Gasteiger partial charge is 0.497 e. The quantitative estimate of drug-likeness (QED) is 0.583. The normalized spacial score (nSPS) is 17.0. The number of nitrogens with zero attached hydrogens (tertiary/aromatic N) is 3. The molecule has 0 aliphatic carbocycles. The molecule has 2 N–H and O–H groups in total. The maximum absolute atomic E-state index is 12.8. The Labute approximate surface area is 207 Å². The Kier molecular flexibility index (Phi) is 7.77. The fraction of sp³-hybridized carbons (Fsp3) is 0.462. The molecule has 1 fully saturated rings. The summed E-state index contributed by atoms with van der Waals surface area (Å²) in [5.74, 6) is -0.427. The van der Waals surface area contributed by atoms with Crippen LogP contribution in [0.5, 0.6) is 11.5 Å². The fourth-order valence-corrected chi connectivity index (χ4v) is 4.75. The summed E-state index contributed by atoms with van der Waals surface area (Å²) >= 11 is 0. The number of hydrogen-bond donors (Lipinski definition) is 2. The van der Waals surface area contributed by atoms with Gasteiger partial charge in [-0.25, -0.2) is 0 Å². The van der Waals surface area contributed by atoms with Crippen molar-refractivity contribution in [2.75, 3.05) is 77.8 Å². The minimum atomic E-state index is -0.746. The van der Waals surface area contributed by atoms with Gasteiger partial charge in [-0.2, -0.15) is 0 Å². The number of carbonyl (C=O) groups is 2. The van der Waals surface area contributed by atoms with Crippen LogP contribution in [0.2, 0.25) is 0 Å². The zero-order valence-electron chi connectivity index (χ0n) is 21.0. The van der Waals surface area contributed by atoms with Crippen molar-refractivity contribution in [2.45, 2.75) is 12.5 Å². The number of nitrogens with one attached hydrogen (secondary N) is 2. The zero-order chi connectivity index (χ0) is 24.9. The predicted octanol–water partition coefficient (Wildman–Crippen LogP) is 1.74. The van der Waals surface area contributed by atoms with E-state index in [1.165, 1.54) is 31.0 Å². The van der Waals surface area contributed by atoms with Gasteiger partial charge in [0, 0.05) is 58.1 Å². The van der Waals surface area contributed by atoms with Gasteiger partial charge in [0.1, 0.15) is 11.5 Å². The summed E-state index contributed by atoms with van der Waals surface area (Å²) in [6.45, 7) is 5.10. The second-order valence-corrected chi connectivity index (χ2v) is 9.15. The van der Waals surface area contributed by atoms with E-state index >= 15 is 0 Å². The van der Waals surface area contributed by atoms with Gasteiger partial charge < -0.3 is 29.9 Å². The van der Waals surface area contributed by atoms with Crippen molar-refractivity contribution in [1.29, 1.82) is 0 Å². The highest BCUT2D eigenvalue weighted by molar-refractivity contribution is 6.39. The molecular formula is C26H35N5O4. The third-order valence-corrected chi connectivity index (χ3v) is 6.91. The fourth-order valence-electron chi connectivity index (χ4n) is 4.75. The third-order valence-electron chi connectivity index (χ3n) is 6.91. The van der Waals surface area contributed by atoms with Crippen molar-refractivity contribution < 1.29 is 19.1 Å². The predicted molar refractivity (Wildman–Crippen MR) is 136 cm³/mol. The Balaban J connectivity index is 1.47. The molecular weight excluding hydrogens is 446 g/mol. The molecule has 9 nitrogen and oxygen atoms in total. The van der Waals surface area contributed by atoms with Crippen molar-refractivity contribution in [3.8, 4) is 11.5 Å². The summed E-state index contributed by atoms with van der Waals surface area (Å²) in [6.07, 6.45) is 1.02. The maximum Gasteiger partial charge on any atom is 0.313 e. The SMILES string of the molecule is COc1ccc(OC)c(NC(=O)C(=O)NC[C@@H](c2ccc3c(c2)CCN3C)N2CCN(C)CC2)c1. The number of hydrogen-bond acceptors (Lipinski definition) is 7. The first-order valence-corrected chi connectivity index (χ1v) is 12.0. The molecule has 0 saturated carbocycles. The molecule has 2 aliphatic heterocycles. The smallest absolute Gasteiger partial charge is 0.313 e. The van der Waals surface area contributed by atoms with Gasteiger partial charge in [0.25, 0.3) is 0 Å². The summed E-state index contributed by atoms with van der Waals surface area (Å²) in [7, 11) is 7.28. The van der Waals surface area contributed by atoms with Crippen LogP contribution >= 0.6 is 0 Å². The average Bonchev–Trinajstić information content (AvgIpc) is 3.24. The van der Waals surface area contributed by atoms with E-state index in [9.17, 15) is 9.59 Å². The molecule has 1 saturated heterocycles. The average molecular weight is 482 g/mol. The second-order valence-electron chi connectivity index (χ2n) is 9.15. The Morgan fingerprint density at radius 3 is 2.43 bits per heavy atom. The second kappa shape index (κ2) is 11.0. The molecule has 1 atom stereocenters. The van der Waals surface area contributed by atoms with Crippen LogP contribution < -0.4 is 25.0 Å². The molecule has 188 valence electrons. The van der Waals surface area contributed by atoms with Crippen molar-refractivity contribution in [2.24, 2.45) is 0 Å². The number of piperazine rings is 1. The number of amides is 2. The van der Waals surface area contributed by atoms with Crippen LogP contribution in [0.15, 0.2) is 36.4 Å². The van der Waals surface area contributed by atoms with Gasteiger partial charge in [-0.15, -0.1) is 0 Å². The molecule has 2 aromatic carbocycles. The number of benzene rings is 2. The highest BCUT2D eigenvalue weighted by atomic mass is 16.5. The van der Waals surface area contributed by atoms with Gasteiger partial charge >= 0.3 is 11.8 Å². The minimum absolute atomic E-state index is 0.0111. The Morgan fingerprint density at radius 1 is 0.943 bits per heavy atom. The monoisotopic (exact) mass is 481 g/mol. The maximum atomic E-state index is 12.8. The highest BCUT2D eigenvalue weighted by Crippen LogP contribution is 2.32. The Bertz CT molecular complexity index is 1070. The van der Waals surface area contributed by atoms with Crippen LogP contribution in [0.25, 0.3) is 0 Å². The van der Waals surface area contributed by atoms with Crippen LogP contribution in [0.1, 0.15) is 17.2 Å². The van der Waals surface area contributed by atoms with Gasteiger partial charge in [-0.1, -0.05) is 12.1 Å². The Hall–Kier alpha value is -3.30. The molecule has 2 aliphatic rings. The van der Waals surface area contributed by atoms with E-state index in [2.05, 4.69) is 57.6 Å². The first-order chi connectivity index (χ1) is 16.9. The molecule has 0 unspecified atom stereocenters. The number of anilines is 2. The first kappa shape index (κ1) is 24.8. The lowest BCUT2D eigenvalue weighted by molar-refractivity contribution is -0.136. The van der Waals surface area contributed by atoms with Crippen LogP contribution in [0, 0.1) is 0 Å². The zero-order valence-corrected chi connectivity index (χ0v) is 21.0. The molecule has 9 heteroatoms. The summed E-state index contributed by atoms with van der Waals surface area (Å²) < 4.78 is 10.5. The lowest BCUT2D eigenvalue weighted by atomic mass is 10.00. The minimum Gasteiger partial charge on any atom is -0.497 e. The van der Waals surface area contributed by atoms with Crippen molar-refractivity contribution in [3.63, 3.8) is 0 Å². The molecule has 2 heterocycles.